The molecule has 0 saturated carbocycles. The Morgan fingerprint density at radius 3 is 0.837 bits per heavy atom. The number of carboxylic acids is 3. The Balaban J connectivity index is 0.000000197. The van der Waals surface area contributed by atoms with Crippen LogP contribution in [0, 0.1) is 20.8 Å². The van der Waals surface area contributed by atoms with Crippen molar-refractivity contribution in [2.75, 3.05) is 0 Å². The molecule has 12 nitrogen and oxygen atoms in total. The maximum Gasteiger partial charge on any atom is 3.00 e. The molecule has 0 spiro atoms. The summed E-state index contributed by atoms with van der Waals surface area (Å²) in [5.74, 6) is -4.92. The molecule has 0 atom stereocenters. The van der Waals surface area contributed by atoms with Crippen molar-refractivity contribution in [1.29, 1.82) is 0 Å². The first-order chi connectivity index (χ1) is 23.0. The number of aromatic carboxylic acids is 3. The number of carboxylic acid groups (broad SMARTS) is 3. The summed E-state index contributed by atoms with van der Waals surface area (Å²) in [6.07, 6.45) is 0. The van der Waals surface area contributed by atoms with Crippen LogP contribution in [0.2, 0.25) is 0 Å². The Labute approximate surface area is 295 Å². The molecule has 6 aromatic rings. The second kappa shape index (κ2) is 17.8. The fourth-order valence-electron chi connectivity index (χ4n) is 4.25. The van der Waals surface area contributed by atoms with Crippen molar-refractivity contribution in [3.63, 3.8) is 0 Å². The van der Waals surface area contributed by atoms with E-state index in [1.807, 2.05) is 91.0 Å². The zero-order valence-corrected chi connectivity index (χ0v) is 28.8. The number of carbonyl (C=O) groups is 3. The molecule has 3 aromatic carbocycles. The molecule has 0 aliphatic heterocycles. The summed E-state index contributed by atoms with van der Waals surface area (Å²) in [4.78, 5) is 55.2. The van der Waals surface area contributed by atoms with Gasteiger partial charge in [-0.1, -0.05) is 91.0 Å². The van der Waals surface area contributed by atoms with Crippen LogP contribution in [-0.4, -0.2) is 47.8 Å². The van der Waals surface area contributed by atoms with Gasteiger partial charge in [-0.25, -0.2) is 29.9 Å². The minimum Gasteiger partial charge on any atom is -0.542 e. The zero-order chi connectivity index (χ0) is 34.6. The Morgan fingerprint density at radius 1 is 0.408 bits per heavy atom. The number of rotatable bonds is 6. The average Bonchev–Trinajstić information content (AvgIpc) is 3.09. The molecule has 0 bridgehead atoms. The Hall–Kier alpha value is -6.04. The molecule has 13 heteroatoms. The fourth-order valence-corrected chi connectivity index (χ4v) is 4.25. The molecule has 49 heavy (non-hydrogen) atoms. The van der Waals surface area contributed by atoms with Crippen molar-refractivity contribution in [2.24, 2.45) is 0 Å². The minimum absolute atomic E-state index is 0. The maximum absolute atomic E-state index is 10.7. The molecule has 0 fully saturated rings. The van der Waals surface area contributed by atoms with E-state index in [-0.39, 0.29) is 37.6 Å². The topological polar surface area (TPSA) is 198 Å². The summed E-state index contributed by atoms with van der Waals surface area (Å²) < 4.78 is 0. The van der Waals surface area contributed by atoms with Crippen molar-refractivity contribution in [3.8, 4) is 33.8 Å². The number of hydrogen-bond acceptors (Lipinski definition) is 12. The molecule has 6 rings (SSSR count). The third-order valence-corrected chi connectivity index (χ3v) is 6.32. The van der Waals surface area contributed by atoms with E-state index in [1.165, 1.54) is 0 Å². The molecule has 3 heterocycles. The average molecular weight is 832 g/mol. The third-order valence-electron chi connectivity index (χ3n) is 6.32. The SMILES string of the molecule is Cc1cc(-c2ccccc2)nc(C(=O)[O-])n1.Cc1cc(-c2ccccc2)nc(C(=O)[O-])n1.Cc1cc(-c2ccccc2)nc(C(=O)[O-])n1.[Ir+3]. The zero-order valence-electron chi connectivity index (χ0n) is 26.4. The molecule has 0 saturated heterocycles. The number of hydrogen-bond donors (Lipinski definition) is 0. The summed E-state index contributed by atoms with van der Waals surface area (Å²) in [6, 6.07) is 33.2. The predicted octanol–water partition coefficient (Wildman–Crippen LogP) is 2.44. The predicted molar refractivity (Wildman–Crippen MR) is 170 cm³/mol. The van der Waals surface area contributed by atoms with Crippen molar-refractivity contribution >= 4 is 17.9 Å². The van der Waals surface area contributed by atoms with Crippen molar-refractivity contribution < 1.29 is 49.8 Å². The van der Waals surface area contributed by atoms with Crippen LogP contribution in [-0.2, 0) is 20.1 Å². The number of nitrogens with zero attached hydrogens (tertiary/aromatic N) is 6. The van der Waals surface area contributed by atoms with Crippen molar-refractivity contribution in [1.82, 2.24) is 29.9 Å². The van der Waals surface area contributed by atoms with Crippen LogP contribution in [0.25, 0.3) is 33.8 Å². The summed E-state index contributed by atoms with van der Waals surface area (Å²) in [6.45, 7) is 5.17. The van der Waals surface area contributed by atoms with Gasteiger partial charge in [-0.3, -0.25) is 0 Å². The third kappa shape index (κ3) is 11.0. The van der Waals surface area contributed by atoms with Crippen LogP contribution in [0.4, 0.5) is 0 Å². The second-order valence-electron chi connectivity index (χ2n) is 10.1. The van der Waals surface area contributed by atoms with E-state index in [0.29, 0.717) is 34.2 Å². The number of carbonyl (C=O) groups excluding carboxylic acids is 3. The summed E-state index contributed by atoms with van der Waals surface area (Å²) in [5, 5.41) is 32.1. The van der Waals surface area contributed by atoms with Crippen LogP contribution in [0.3, 0.4) is 0 Å². The first-order valence-corrected chi connectivity index (χ1v) is 14.4. The Kier molecular flexibility index (Phi) is 13.6. The molecule has 0 aliphatic rings. The van der Waals surface area contributed by atoms with Gasteiger partial charge in [0.05, 0.1) is 17.1 Å². The van der Waals surface area contributed by atoms with Crippen LogP contribution in [0.15, 0.2) is 109 Å². The first kappa shape index (κ1) is 37.4. The monoisotopic (exact) mass is 832 g/mol. The molecule has 246 valence electrons. The van der Waals surface area contributed by atoms with Crippen LogP contribution >= 0.6 is 0 Å². The van der Waals surface area contributed by atoms with Gasteiger partial charge < -0.3 is 29.7 Å². The largest absolute Gasteiger partial charge is 3.00 e. The number of aryl methyl sites for hydroxylation is 3. The van der Waals surface area contributed by atoms with E-state index in [1.54, 1.807) is 39.0 Å². The van der Waals surface area contributed by atoms with E-state index in [2.05, 4.69) is 29.9 Å². The van der Waals surface area contributed by atoms with E-state index in [4.69, 9.17) is 0 Å². The normalized spacial score (nSPS) is 9.86. The van der Waals surface area contributed by atoms with E-state index >= 15 is 0 Å². The molecular formula is C36H27IrN6O6. The van der Waals surface area contributed by atoms with Gasteiger partial charge in [-0.2, -0.15) is 0 Å². The number of benzene rings is 3. The van der Waals surface area contributed by atoms with Crippen molar-refractivity contribution in [3.05, 3.63) is 144 Å². The molecule has 0 amide bonds. The standard InChI is InChI=1S/3C12H10N2O2.Ir/c3*1-8-7-10(9-5-3-2-4-6-9)14-11(13-8)12(15)16;/h3*2-7H,1H3,(H,15,16);/q;;;+3/p-3. The van der Waals surface area contributed by atoms with E-state index in [9.17, 15) is 29.7 Å². The van der Waals surface area contributed by atoms with Crippen LogP contribution < -0.4 is 15.3 Å². The summed E-state index contributed by atoms with van der Waals surface area (Å²) in [5.41, 5.74) is 6.16. The van der Waals surface area contributed by atoms with Gasteiger partial charge in [-0.05, 0) is 39.0 Å². The molecule has 0 unspecified atom stereocenters. The molecule has 0 aliphatic carbocycles. The number of aromatic nitrogens is 6. The van der Waals surface area contributed by atoms with Gasteiger partial charge >= 0.3 is 20.1 Å². The Morgan fingerprint density at radius 2 is 0.633 bits per heavy atom. The summed E-state index contributed by atoms with van der Waals surface area (Å²) in [7, 11) is 0. The molecular weight excluding hydrogens is 805 g/mol. The van der Waals surface area contributed by atoms with Gasteiger partial charge in [0.1, 0.15) is 17.9 Å². The van der Waals surface area contributed by atoms with E-state index < -0.39 is 17.9 Å². The smallest absolute Gasteiger partial charge is 0.542 e. The quantitative estimate of drug-likeness (QED) is 0.238. The van der Waals surface area contributed by atoms with Crippen LogP contribution in [0.1, 0.15) is 48.9 Å². The van der Waals surface area contributed by atoms with Gasteiger partial charge in [0.2, 0.25) is 0 Å². The fraction of sp³-hybridized carbons (Fsp3) is 0.0833. The van der Waals surface area contributed by atoms with Gasteiger partial charge in [-0.15, -0.1) is 0 Å². The van der Waals surface area contributed by atoms with Gasteiger partial charge in [0, 0.05) is 33.8 Å². The first-order valence-electron chi connectivity index (χ1n) is 14.4. The Bertz CT molecular complexity index is 1810. The maximum atomic E-state index is 10.7. The van der Waals surface area contributed by atoms with Crippen LogP contribution in [0.5, 0.6) is 0 Å². The molecule has 0 N–H and O–H groups in total. The second-order valence-corrected chi connectivity index (χ2v) is 10.1. The minimum atomic E-state index is -1.36. The molecule has 0 radical (unpaired) electrons. The van der Waals surface area contributed by atoms with Crippen molar-refractivity contribution in [2.45, 2.75) is 20.8 Å². The van der Waals surface area contributed by atoms with Gasteiger partial charge in [0.15, 0.2) is 17.5 Å². The summed E-state index contributed by atoms with van der Waals surface area (Å²) >= 11 is 0. The van der Waals surface area contributed by atoms with E-state index in [0.717, 1.165) is 16.7 Å². The molecule has 3 aromatic heterocycles. The van der Waals surface area contributed by atoms with Gasteiger partial charge in [0.25, 0.3) is 0 Å².